The van der Waals surface area contributed by atoms with Crippen molar-refractivity contribution in [2.75, 3.05) is 7.11 Å². The summed E-state index contributed by atoms with van der Waals surface area (Å²) in [5.41, 5.74) is 7.23. The minimum absolute atomic E-state index is 0.0148. The van der Waals surface area contributed by atoms with E-state index in [0.29, 0.717) is 5.02 Å². The molecule has 0 spiro atoms. The van der Waals surface area contributed by atoms with Crippen LogP contribution in [0.15, 0.2) is 30.9 Å². The second kappa shape index (κ2) is 8.17. The van der Waals surface area contributed by atoms with Gasteiger partial charge in [-0.15, -0.1) is 6.58 Å². The molecule has 0 saturated heterocycles. The fourth-order valence-electron chi connectivity index (χ4n) is 1.98. The Labute approximate surface area is 115 Å². The van der Waals surface area contributed by atoms with Gasteiger partial charge in [0.2, 0.25) is 0 Å². The van der Waals surface area contributed by atoms with Crippen LogP contribution in [0.2, 0.25) is 5.02 Å². The zero-order valence-corrected chi connectivity index (χ0v) is 11.7. The van der Waals surface area contributed by atoms with Crippen LogP contribution in [0.4, 0.5) is 0 Å². The number of benzene rings is 1. The molecule has 1 aromatic carbocycles. The van der Waals surface area contributed by atoms with Gasteiger partial charge in [-0.2, -0.15) is 0 Å². The van der Waals surface area contributed by atoms with Gasteiger partial charge >= 0.3 is 0 Å². The molecule has 100 valence electrons. The maximum absolute atomic E-state index is 6.19. The number of hydrogen-bond donors (Lipinski definition) is 1. The van der Waals surface area contributed by atoms with E-state index in [4.69, 9.17) is 22.1 Å². The summed E-state index contributed by atoms with van der Waals surface area (Å²) in [6, 6.07) is 5.64. The molecule has 2 nitrogen and oxygen atoms in total. The standard InChI is InChI=1S/C15H22ClNO/c1-3-4-5-6-7-8-14(17)13-10-9-12(16)11-15(13)18-2/h3,9-11,14H,1,4-8,17H2,2H3. The predicted octanol–water partition coefficient (Wildman–Crippen LogP) is 4.48. The second-order valence-electron chi connectivity index (χ2n) is 4.42. The smallest absolute Gasteiger partial charge is 0.125 e. The summed E-state index contributed by atoms with van der Waals surface area (Å²) in [6.45, 7) is 3.72. The highest BCUT2D eigenvalue weighted by molar-refractivity contribution is 6.30. The Hall–Kier alpha value is -0.990. The summed E-state index contributed by atoms with van der Waals surface area (Å²) in [4.78, 5) is 0. The molecule has 0 saturated carbocycles. The number of halogens is 1. The largest absolute Gasteiger partial charge is 0.496 e. The van der Waals surface area contributed by atoms with Crippen LogP contribution in [0.3, 0.4) is 0 Å². The number of rotatable bonds is 8. The zero-order valence-electron chi connectivity index (χ0n) is 11.0. The van der Waals surface area contributed by atoms with Crippen LogP contribution in [-0.4, -0.2) is 7.11 Å². The molecule has 1 unspecified atom stereocenters. The van der Waals surface area contributed by atoms with Gasteiger partial charge < -0.3 is 10.5 Å². The molecule has 1 atom stereocenters. The van der Waals surface area contributed by atoms with Crippen LogP contribution in [0.5, 0.6) is 5.75 Å². The molecular formula is C15H22ClNO. The Morgan fingerprint density at radius 1 is 1.39 bits per heavy atom. The maximum Gasteiger partial charge on any atom is 0.125 e. The normalized spacial score (nSPS) is 12.2. The SMILES string of the molecule is C=CCCCCCC(N)c1ccc(Cl)cc1OC. The van der Waals surface area contributed by atoms with Crippen molar-refractivity contribution in [1.82, 2.24) is 0 Å². The monoisotopic (exact) mass is 267 g/mol. The van der Waals surface area contributed by atoms with E-state index in [2.05, 4.69) is 6.58 Å². The first-order valence-electron chi connectivity index (χ1n) is 6.39. The molecule has 0 aliphatic carbocycles. The fraction of sp³-hybridized carbons (Fsp3) is 0.467. The van der Waals surface area contributed by atoms with E-state index in [1.807, 2.05) is 24.3 Å². The minimum atomic E-state index is 0.0148. The average molecular weight is 268 g/mol. The summed E-state index contributed by atoms with van der Waals surface area (Å²) >= 11 is 5.93. The van der Waals surface area contributed by atoms with Crippen LogP contribution in [0, 0.1) is 0 Å². The van der Waals surface area contributed by atoms with Crippen molar-refractivity contribution in [2.24, 2.45) is 5.73 Å². The molecule has 0 aromatic heterocycles. The first kappa shape index (κ1) is 15.1. The highest BCUT2D eigenvalue weighted by Gasteiger charge is 2.11. The third-order valence-electron chi connectivity index (χ3n) is 3.02. The fourth-order valence-corrected chi connectivity index (χ4v) is 2.14. The lowest BCUT2D eigenvalue weighted by molar-refractivity contribution is 0.403. The Morgan fingerprint density at radius 2 is 2.17 bits per heavy atom. The lowest BCUT2D eigenvalue weighted by Gasteiger charge is -2.15. The van der Waals surface area contributed by atoms with Crippen LogP contribution < -0.4 is 10.5 Å². The molecule has 0 aliphatic rings. The highest BCUT2D eigenvalue weighted by atomic mass is 35.5. The third-order valence-corrected chi connectivity index (χ3v) is 3.25. The van der Waals surface area contributed by atoms with Crippen molar-refractivity contribution in [1.29, 1.82) is 0 Å². The molecule has 0 amide bonds. The molecule has 0 radical (unpaired) electrons. The molecular weight excluding hydrogens is 246 g/mol. The highest BCUT2D eigenvalue weighted by Crippen LogP contribution is 2.29. The molecule has 3 heteroatoms. The quantitative estimate of drug-likeness (QED) is 0.557. The molecule has 1 aromatic rings. The first-order chi connectivity index (χ1) is 8.69. The van der Waals surface area contributed by atoms with E-state index in [1.165, 1.54) is 12.8 Å². The molecule has 0 fully saturated rings. The van der Waals surface area contributed by atoms with E-state index in [0.717, 1.165) is 30.6 Å². The van der Waals surface area contributed by atoms with Crippen molar-refractivity contribution < 1.29 is 4.74 Å². The van der Waals surface area contributed by atoms with Crippen molar-refractivity contribution >= 4 is 11.6 Å². The summed E-state index contributed by atoms with van der Waals surface area (Å²) < 4.78 is 5.31. The molecule has 18 heavy (non-hydrogen) atoms. The molecule has 0 aliphatic heterocycles. The summed E-state index contributed by atoms with van der Waals surface area (Å²) in [7, 11) is 1.64. The third kappa shape index (κ3) is 4.71. The van der Waals surface area contributed by atoms with Gasteiger partial charge in [-0.05, 0) is 31.4 Å². The Kier molecular flexibility index (Phi) is 6.84. The van der Waals surface area contributed by atoms with Crippen molar-refractivity contribution in [3.8, 4) is 5.75 Å². The summed E-state index contributed by atoms with van der Waals surface area (Å²) in [5, 5.41) is 0.675. The first-order valence-corrected chi connectivity index (χ1v) is 6.76. The molecule has 0 bridgehead atoms. The van der Waals surface area contributed by atoms with Gasteiger partial charge in [0.1, 0.15) is 5.75 Å². The van der Waals surface area contributed by atoms with Gasteiger partial charge in [0.15, 0.2) is 0 Å². The number of unbranched alkanes of at least 4 members (excludes halogenated alkanes) is 3. The molecule has 1 rings (SSSR count). The van der Waals surface area contributed by atoms with E-state index in [1.54, 1.807) is 7.11 Å². The van der Waals surface area contributed by atoms with Gasteiger partial charge in [0, 0.05) is 16.6 Å². The Bertz CT molecular complexity index is 379. The lowest BCUT2D eigenvalue weighted by atomic mass is 10.00. The minimum Gasteiger partial charge on any atom is -0.496 e. The van der Waals surface area contributed by atoms with E-state index >= 15 is 0 Å². The number of hydrogen-bond acceptors (Lipinski definition) is 2. The van der Waals surface area contributed by atoms with Gasteiger partial charge in [0.05, 0.1) is 7.11 Å². The summed E-state index contributed by atoms with van der Waals surface area (Å²) in [5.74, 6) is 0.779. The van der Waals surface area contributed by atoms with Gasteiger partial charge in [-0.25, -0.2) is 0 Å². The Balaban J connectivity index is 2.50. The van der Waals surface area contributed by atoms with Gasteiger partial charge in [-0.3, -0.25) is 0 Å². The van der Waals surface area contributed by atoms with Crippen molar-refractivity contribution in [3.05, 3.63) is 41.4 Å². The number of ether oxygens (including phenoxy) is 1. The number of methoxy groups -OCH3 is 1. The van der Waals surface area contributed by atoms with Crippen LogP contribution in [0.25, 0.3) is 0 Å². The zero-order chi connectivity index (χ0) is 13.4. The van der Waals surface area contributed by atoms with Crippen LogP contribution in [0.1, 0.15) is 43.7 Å². The predicted molar refractivity (Wildman–Crippen MR) is 78.2 cm³/mol. The molecule has 2 N–H and O–H groups in total. The van der Waals surface area contributed by atoms with Gasteiger partial charge in [0.25, 0.3) is 0 Å². The van der Waals surface area contributed by atoms with Gasteiger partial charge in [-0.1, -0.05) is 36.6 Å². The van der Waals surface area contributed by atoms with Crippen molar-refractivity contribution in [3.63, 3.8) is 0 Å². The number of allylic oxidation sites excluding steroid dienone is 1. The average Bonchev–Trinajstić information content (AvgIpc) is 2.38. The van der Waals surface area contributed by atoms with Crippen LogP contribution >= 0.6 is 11.6 Å². The Morgan fingerprint density at radius 3 is 2.83 bits per heavy atom. The molecule has 0 heterocycles. The van der Waals surface area contributed by atoms with E-state index in [-0.39, 0.29) is 6.04 Å². The van der Waals surface area contributed by atoms with E-state index < -0.39 is 0 Å². The topological polar surface area (TPSA) is 35.2 Å². The van der Waals surface area contributed by atoms with Crippen LogP contribution in [-0.2, 0) is 0 Å². The summed E-state index contributed by atoms with van der Waals surface area (Å²) in [6.07, 6.45) is 7.52. The van der Waals surface area contributed by atoms with Crippen molar-refractivity contribution in [2.45, 2.75) is 38.1 Å². The second-order valence-corrected chi connectivity index (χ2v) is 4.86. The lowest BCUT2D eigenvalue weighted by Crippen LogP contribution is -2.11. The maximum atomic E-state index is 6.19. The number of nitrogens with two attached hydrogens (primary N) is 1. The van der Waals surface area contributed by atoms with E-state index in [9.17, 15) is 0 Å².